The lowest BCUT2D eigenvalue weighted by atomic mass is 9.78. The normalized spacial score (nSPS) is 23.9. The van der Waals surface area contributed by atoms with Crippen molar-refractivity contribution in [3.05, 3.63) is 71.3 Å². The molecule has 2 heteroatoms. The summed E-state index contributed by atoms with van der Waals surface area (Å²) in [4.78, 5) is 2.66. The fourth-order valence-corrected chi connectivity index (χ4v) is 5.22. The van der Waals surface area contributed by atoms with Crippen molar-refractivity contribution in [2.45, 2.75) is 56.9 Å². The summed E-state index contributed by atoms with van der Waals surface area (Å²) < 4.78 is 0. The number of nitrogens with one attached hydrogen (secondary N) is 1. The predicted molar refractivity (Wildman–Crippen MR) is 114 cm³/mol. The first-order valence-electron chi connectivity index (χ1n) is 10.9. The molecule has 27 heavy (non-hydrogen) atoms. The Kier molecular flexibility index (Phi) is 6.26. The molecule has 2 aromatic rings. The Morgan fingerprint density at radius 1 is 0.926 bits per heavy atom. The number of nitrogens with zero attached hydrogens (tertiary/aromatic N) is 1. The Balaban J connectivity index is 1.24. The van der Waals surface area contributed by atoms with E-state index in [9.17, 15) is 0 Å². The van der Waals surface area contributed by atoms with Crippen LogP contribution in [0.25, 0.3) is 0 Å². The molecular formula is C25H34N2. The molecule has 1 fully saturated rings. The molecule has 0 radical (unpaired) electrons. The molecule has 2 unspecified atom stereocenters. The van der Waals surface area contributed by atoms with Crippen molar-refractivity contribution < 1.29 is 0 Å². The molecule has 2 aromatic carbocycles. The van der Waals surface area contributed by atoms with Gasteiger partial charge in [-0.15, -0.1) is 0 Å². The maximum Gasteiger partial charge on any atom is 0.0139 e. The molecule has 0 saturated carbocycles. The largest absolute Gasteiger partial charge is 0.312 e. The molecule has 1 aliphatic carbocycles. The second-order valence-corrected chi connectivity index (χ2v) is 8.34. The summed E-state index contributed by atoms with van der Waals surface area (Å²) >= 11 is 0. The zero-order chi connectivity index (χ0) is 18.5. The van der Waals surface area contributed by atoms with Crippen LogP contribution in [0.2, 0.25) is 0 Å². The zero-order valence-electron chi connectivity index (χ0n) is 16.7. The minimum Gasteiger partial charge on any atom is -0.312 e. The zero-order valence-corrected chi connectivity index (χ0v) is 16.7. The molecule has 1 aliphatic heterocycles. The highest BCUT2D eigenvalue weighted by atomic mass is 15.1. The number of hydrogen-bond donors (Lipinski definition) is 1. The van der Waals surface area contributed by atoms with E-state index in [2.05, 4.69) is 71.7 Å². The molecule has 0 spiro atoms. The van der Waals surface area contributed by atoms with Crippen LogP contribution in [0.15, 0.2) is 54.6 Å². The minimum atomic E-state index is 0.645. The topological polar surface area (TPSA) is 15.3 Å². The first-order valence-corrected chi connectivity index (χ1v) is 10.9. The summed E-state index contributed by atoms with van der Waals surface area (Å²) in [6, 6.07) is 20.8. The molecule has 2 atom stereocenters. The summed E-state index contributed by atoms with van der Waals surface area (Å²) in [6.45, 7) is 7.14. The second kappa shape index (κ2) is 9.03. The first-order chi connectivity index (χ1) is 13.3. The van der Waals surface area contributed by atoms with Crippen LogP contribution in [0, 0.1) is 0 Å². The van der Waals surface area contributed by atoms with Crippen LogP contribution in [-0.4, -0.2) is 37.1 Å². The molecule has 0 amide bonds. The van der Waals surface area contributed by atoms with Crippen molar-refractivity contribution in [3.8, 4) is 0 Å². The molecule has 2 nitrogen and oxygen atoms in total. The summed E-state index contributed by atoms with van der Waals surface area (Å²) in [6.07, 6.45) is 6.35. The Hall–Kier alpha value is -1.64. The molecule has 144 valence electrons. The third-order valence-corrected chi connectivity index (χ3v) is 6.80. The number of benzene rings is 2. The lowest BCUT2D eigenvalue weighted by molar-refractivity contribution is 0.207. The number of fused-ring (bicyclic) bond motifs is 1. The first kappa shape index (κ1) is 18.7. The molecular weight excluding hydrogens is 328 g/mol. The second-order valence-electron chi connectivity index (χ2n) is 8.34. The third-order valence-electron chi connectivity index (χ3n) is 6.80. The number of hydrogen-bond acceptors (Lipinski definition) is 2. The maximum atomic E-state index is 3.91. The van der Waals surface area contributed by atoms with Gasteiger partial charge >= 0.3 is 0 Å². The third kappa shape index (κ3) is 4.44. The fraction of sp³-hybridized carbons (Fsp3) is 0.520. The molecule has 0 bridgehead atoms. The average molecular weight is 363 g/mol. The van der Waals surface area contributed by atoms with E-state index in [1.54, 1.807) is 11.1 Å². The van der Waals surface area contributed by atoms with E-state index >= 15 is 0 Å². The minimum absolute atomic E-state index is 0.645. The summed E-state index contributed by atoms with van der Waals surface area (Å²) in [5.41, 5.74) is 4.69. The van der Waals surface area contributed by atoms with Gasteiger partial charge in [-0.2, -0.15) is 0 Å². The van der Waals surface area contributed by atoms with E-state index in [1.807, 2.05) is 0 Å². The molecule has 1 N–H and O–H groups in total. The van der Waals surface area contributed by atoms with Crippen molar-refractivity contribution in [2.75, 3.05) is 26.2 Å². The molecule has 1 heterocycles. The van der Waals surface area contributed by atoms with Crippen molar-refractivity contribution in [3.63, 3.8) is 0 Å². The Bertz CT molecular complexity index is 703. The van der Waals surface area contributed by atoms with Gasteiger partial charge < -0.3 is 10.2 Å². The lowest BCUT2D eigenvalue weighted by Crippen LogP contribution is -2.43. The molecule has 4 rings (SSSR count). The van der Waals surface area contributed by atoms with E-state index in [0.29, 0.717) is 12.0 Å². The number of aryl methyl sites for hydroxylation is 1. The standard InChI is InChI=1S/C25H34N2/c1-2-23-24-11-7-6-10-22(24)12-13-25(23)26-16-19-27-17-14-21(15-18-27)20-8-4-3-5-9-20/h3-11,21,23,25-26H,2,12-19H2,1H3. The lowest BCUT2D eigenvalue weighted by Gasteiger charge is -2.36. The van der Waals surface area contributed by atoms with Gasteiger partial charge in [0.25, 0.3) is 0 Å². The quantitative estimate of drug-likeness (QED) is 0.781. The van der Waals surface area contributed by atoms with Gasteiger partial charge in [0.15, 0.2) is 0 Å². The monoisotopic (exact) mass is 362 g/mol. The highest BCUT2D eigenvalue weighted by Gasteiger charge is 2.28. The Morgan fingerprint density at radius 2 is 1.67 bits per heavy atom. The smallest absolute Gasteiger partial charge is 0.0139 e. The van der Waals surface area contributed by atoms with Gasteiger partial charge in [-0.1, -0.05) is 61.5 Å². The Labute approximate surface area is 165 Å². The van der Waals surface area contributed by atoms with Crippen molar-refractivity contribution >= 4 is 0 Å². The van der Waals surface area contributed by atoms with Gasteiger partial charge in [-0.3, -0.25) is 0 Å². The van der Waals surface area contributed by atoms with Crippen LogP contribution in [0.5, 0.6) is 0 Å². The van der Waals surface area contributed by atoms with E-state index in [0.717, 1.165) is 12.5 Å². The average Bonchev–Trinajstić information content (AvgIpc) is 2.74. The van der Waals surface area contributed by atoms with Crippen LogP contribution >= 0.6 is 0 Å². The molecule has 2 aliphatic rings. The van der Waals surface area contributed by atoms with Gasteiger partial charge in [0.1, 0.15) is 0 Å². The Morgan fingerprint density at radius 3 is 2.44 bits per heavy atom. The highest BCUT2D eigenvalue weighted by Crippen LogP contribution is 2.34. The fourth-order valence-electron chi connectivity index (χ4n) is 5.22. The molecule has 1 saturated heterocycles. The van der Waals surface area contributed by atoms with Crippen molar-refractivity contribution in [2.24, 2.45) is 0 Å². The van der Waals surface area contributed by atoms with Gasteiger partial charge in [-0.25, -0.2) is 0 Å². The van der Waals surface area contributed by atoms with Gasteiger partial charge in [0, 0.05) is 19.1 Å². The van der Waals surface area contributed by atoms with E-state index in [-0.39, 0.29) is 0 Å². The molecule has 0 aromatic heterocycles. The van der Waals surface area contributed by atoms with Crippen LogP contribution in [-0.2, 0) is 6.42 Å². The summed E-state index contributed by atoms with van der Waals surface area (Å²) in [5, 5.41) is 3.91. The predicted octanol–water partition coefficient (Wildman–Crippen LogP) is 4.96. The van der Waals surface area contributed by atoms with Gasteiger partial charge in [0.05, 0.1) is 0 Å². The van der Waals surface area contributed by atoms with Gasteiger partial charge in [0.2, 0.25) is 0 Å². The van der Waals surface area contributed by atoms with E-state index in [4.69, 9.17) is 0 Å². The van der Waals surface area contributed by atoms with E-state index < -0.39 is 0 Å². The van der Waals surface area contributed by atoms with Crippen LogP contribution in [0.3, 0.4) is 0 Å². The SMILES string of the molecule is CCC1c2ccccc2CCC1NCCN1CCC(c2ccccc2)CC1. The maximum absolute atomic E-state index is 3.91. The summed E-state index contributed by atoms with van der Waals surface area (Å²) in [7, 11) is 0. The van der Waals surface area contributed by atoms with Crippen LogP contribution in [0.1, 0.15) is 61.1 Å². The number of piperidine rings is 1. The summed E-state index contributed by atoms with van der Waals surface area (Å²) in [5.74, 6) is 1.44. The number of rotatable bonds is 6. The van der Waals surface area contributed by atoms with Crippen LogP contribution < -0.4 is 5.32 Å². The van der Waals surface area contributed by atoms with Gasteiger partial charge in [-0.05, 0) is 73.7 Å². The number of likely N-dealkylation sites (tertiary alicyclic amines) is 1. The highest BCUT2D eigenvalue weighted by molar-refractivity contribution is 5.34. The van der Waals surface area contributed by atoms with Crippen molar-refractivity contribution in [1.82, 2.24) is 10.2 Å². The van der Waals surface area contributed by atoms with E-state index in [1.165, 1.54) is 57.3 Å². The van der Waals surface area contributed by atoms with Crippen LogP contribution in [0.4, 0.5) is 0 Å². The van der Waals surface area contributed by atoms with Crippen molar-refractivity contribution in [1.29, 1.82) is 0 Å².